The van der Waals surface area contributed by atoms with Crippen LogP contribution in [0.3, 0.4) is 0 Å². The Morgan fingerprint density at radius 3 is 1.22 bits per heavy atom. The van der Waals surface area contributed by atoms with E-state index in [1.54, 1.807) is 0 Å². The first-order chi connectivity index (χ1) is 29.2. The number of esters is 1. The zero-order chi connectivity index (χ0) is 41.3. The lowest BCUT2D eigenvalue weighted by atomic mass is 9.81. The SMILES string of the molecule is Cc1ccccc1Cn1c(C)c(C2=CC(c3c(C)n(Cc4ccccc4C)c4ccccc34)(c3c(C)n(Cc4ccccc4C)c4ccccc34)OC2=O)c2ccccc21. The van der Waals surface area contributed by atoms with Crippen molar-refractivity contribution in [2.75, 3.05) is 0 Å². The van der Waals surface area contributed by atoms with Gasteiger partial charge in [-0.15, -0.1) is 0 Å². The molecule has 296 valence electrons. The molecule has 0 amide bonds. The molecule has 0 unspecified atom stereocenters. The normalized spacial score (nSPS) is 13.8. The van der Waals surface area contributed by atoms with Crippen molar-refractivity contribution in [3.63, 3.8) is 0 Å². The van der Waals surface area contributed by atoms with Gasteiger partial charge in [-0.1, -0.05) is 127 Å². The third kappa shape index (κ3) is 5.78. The second-order valence-electron chi connectivity index (χ2n) is 16.7. The fourth-order valence-electron chi connectivity index (χ4n) is 10.1. The highest BCUT2D eigenvalue weighted by Crippen LogP contribution is 2.52. The van der Waals surface area contributed by atoms with Gasteiger partial charge >= 0.3 is 5.97 Å². The van der Waals surface area contributed by atoms with E-state index in [1.165, 1.54) is 33.4 Å². The number of carbonyl (C=O) groups is 1. The number of fused-ring (bicyclic) bond motifs is 3. The highest BCUT2D eigenvalue weighted by atomic mass is 16.6. The summed E-state index contributed by atoms with van der Waals surface area (Å²) in [5.74, 6) is -0.317. The van der Waals surface area contributed by atoms with Gasteiger partial charge in [-0.2, -0.15) is 0 Å². The van der Waals surface area contributed by atoms with Crippen LogP contribution in [0.25, 0.3) is 38.3 Å². The minimum absolute atomic E-state index is 0.317. The van der Waals surface area contributed by atoms with Crippen LogP contribution in [-0.4, -0.2) is 19.7 Å². The van der Waals surface area contributed by atoms with Gasteiger partial charge in [-0.25, -0.2) is 4.79 Å². The lowest BCUT2D eigenvalue weighted by Crippen LogP contribution is -2.29. The third-order valence-electron chi connectivity index (χ3n) is 13.3. The first kappa shape index (κ1) is 37.4. The first-order valence-electron chi connectivity index (χ1n) is 21.0. The molecule has 1 aliphatic rings. The smallest absolute Gasteiger partial charge is 0.340 e. The van der Waals surface area contributed by atoms with Crippen molar-refractivity contribution in [2.24, 2.45) is 0 Å². The molecule has 0 fully saturated rings. The van der Waals surface area contributed by atoms with Gasteiger partial charge in [0.1, 0.15) is 0 Å². The number of nitrogens with zero attached hydrogens (tertiary/aromatic N) is 3. The highest BCUT2D eigenvalue weighted by Gasteiger charge is 2.50. The number of para-hydroxylation sites is 3. The van der Waals surface area contributed by atoms with E-state index in [0.29, 0.717) is 25.2 Å². The number of hydrogen-bond acceptors (Lipinski definition) is 2. The fraction of sp³-hybridized carbons (Fsp3) is 0.182. The van der Waals surface area contributed by atoms with E-state index >= 15 is 4.79 Å². The van der Waals surface area contributed by atoms with Gasteiger partial charge in [0, 0.05) is 86.1 Å². The summed E-state index contributed by atoms with van der Waals surface area (Å²) in [6, 6.07) is 51.5. The minimum Gasteiger partial charge on any atom is -0.441 e. The first-order valence-corrected chi connectivity index (χ1v) is 21.0. The molecule has 0 saturated heterocycles. The summed E-state index contributed by atoms with van der Waals surface area (Å²) in [6.07, 6.45) is 2.18. The molecule has 6 aromatic carbocycles. The van der Waals surface area contributed by atoms with E-state index in [9.17, 15) is 0 Å². The van der Waals surface area contributed by atoms with E-state index in [4.69, 9.17) is 4.74 Å². The number of aryl methyl sites for hydroxylation is 3. The average Bonchev–Trinajstić information content (AvgIpc) is 3.92. The number of rotatable bonds is 9. The summed E-state index contributed by atoms with van der Waals surface area (Å²) < 4.78 is 14.4. The van der Waals surface area contributed by atoms with Crippen LogP contribution >= 0.6 is 0 Å². The lowest BCUT2D eigenvalue weighted by molar-refractivity contribution is -0.142. The van der Waals surface area contributed by atoms with Crippen LogP contribution in [-0.2, 0) is 34.8 Å². The number of hydrogen-bond donors (Lipinski definition) is 0. The Morgan fingerprint density at radius 2 is 0.783 bits per heavy atom. The molecule has 4 heterocycles. The van der Waals surface area contributed by atoms with E-state index in [1.807, 2.05) is 0 Å². The van der Waals surface area contributed by atoms with Gasteiger partial charge in [-0.05, 0) is 99.2 Å². The quantitative estimate of drug-likeness (QED) is 0.137. The average molecular weight is 784 g/mol. The molecule has 1 aliphatic heterocycles. The van der Waals surface area contributed by atoms with Crippen LogP contribution in [0.15, 0.2) is 152 Å². The van der Waals surface area contributed by atoms with E-state index < -0.39 is 5.60 Å². The Bertz CT molecular complexity index is 3070. The van der Waals surface area contributed by atoms with Crippen molar-refractivity contribution < 1.29 is 9.53 Å². The van der Waals surface area contributed by atoms with Gasteiger partial charge in [0.25, 0.3) is 0 Å². The molecular formula is C55H49N3O2. The number of carbonyl (C=O) groups excluding carboxylic acids is 1. The fourth-order valence-corrected chi connectivity index (χ4v) is 10.1. The Labute approximate surface area is 351 Å². The van der Waals surface area contributed by atoms with Gasteiger partial charge in [0.2, 0.25) is 0 Å². The van der Waals surface area contributed by atoms with Crippen LogP contribution in [0.1, 0.15) is 67.2 Å². The molecule has 0 atom stereocenters. The van der Waals surface area contributed by atoms with Crippen LogP contribution in [0.5, 0.6) is 0 Å². The third-order valence-corrected chi connectivity index (χ3v) is 13.3. The number of aromatic nitrogens is 3. The number of benzene rings is 6. The molecule has 0 radical (unpaired) electrons. The Kier molecular flexibility index (Phi) is 9.02. The maximum absolute atomic E-state index is 15.2. The summed E-state index contributed by atoms with van der Waals surface area (Å²) in [5.41, 5.74) is 16.2. The molecule has 10 rings (SSSR count). The largest absolute Gasteiger partial charge is 0.441 e. The van der Waals surface area contributed by atoms with Crippen LogP contribution in [0.4, 0.5) is 0 Å². The summed E-state index contributed by atoms with van der Waals surface area (Å²) in [4.78, 5) is 15.2. The number of ether oxygens (including phenoxy) is 1. The topological polar surface area (TPSA) is 41.1 Å². The zero-order valence-electron chi connectivity index (χ0n) is 35.2. The molecule has 0 N–H and O–H groups in total. The van der Waals surface area contributed by atoms with Crippen LogP contribution in [0, 0.1) is 41.5 Å². The second-order valence-corrected chi connectivity index (χ2v) is 16.7. The van der Waals surface area contributed by atoms with Gasteiger partial charge in [0.05, 0.1) is 5.57 Å². The van der Waals surface area contributed by atoms with Crippen molar-refractivity contribution in [1.82, 2.24) is 13.7 Å². The molecule has 9 aromatic rings. The summed E-state index contributed by atoms with van der Waals surface area (Å²) in [6.45, 7) is 15.2. The Morgan fingerprint density at radius 1 is 0.433 bits per heavy atom. The monoisotopic (exact) mass is 783 g/mol. The molecule has 5 heteroatoms. The van der Waals surface area contributed by atoms with Crippen molar-refractivity contribution in [1.29, 1.82) is 0 Å². The Balaban J connectivity index is 1.28. The standard InChI is InChI=1S/C55H49N3O2/c1-35-19-7-10-22-41(35)32-56-38(4)51(44-25-13-16-28-48(44)56)47-31-55(60-54(47)59,52-39(5)57(49-29-17-14-26-45(49)52)33-42-23-11-8-20-36(42)2)53-40(6)58(50-30-18-15-27-46(50)53)34-43-24-12-9-21-37(43)3/h7-31H,32-34H2,1-6H3. The minimum atomic E-state index is -1.25. The maximum Gasteiger partial charge on any atom is 0.340 e. The second kappa shape index (κ2) is 14.5. The molecular weight excluding hydrogens is 735 g/mol. The number of cyclic esters (lactones) is 1. The molecule has 5 nitrogen and oxygen atoms in total. The van der Waals surface area contributed by atoms with Crippen molar-refractivity contribution in [2.45, 2.75) is 66.8 Å². The predicted octanol–water partition coefficient (Wildman–Crippen LogP) is 12.4. The molecule has 0 saturated carbocycles. The van der Waals surface area contributed by atoms with Crippen LogP contribution < -0.4 is 0 Å². The summed E-state index contributed by atoms with van der Waals surface area (Å²) >= 11 is 0. The summed E-state index contributed by atoms with van der Waals surface area (Å²) in [5, 5.41) is 3.19. The molecule has 0 aliphatic carbocycles. The highest BCUT2D eigenvalue weighted by molar-refractivity contribution is 6.23. The lowest BCUT2D eigenvalue weighted by Gasteiger charge is -2.29. The van der Waals surface area contributed by atoms with Gasteiger partial charge in [-0.3, -0.25) is 0 Å². The van der Waals surface area contributed by atoms with E-state index in [-0.39, 0.29) is 5.97 Å². The van der Waals surface area contributed by atoms with Crippen molar-refractivity contribution >= 4 is 44.3 Å². The van der Waals surface area contributed by atoms with Gasteiger partial charge in [0.15, 0.2) is 5.60 Å². The molecule has 3 aromatic heterocycles. The molecule has 0 spiro atoms. The van der Waals surface area contributed by atoms with E-state index in [2.05, 4.69) is 207 Å². The van der Waals surface area contributed by atoms with Crippen molar-refractivity contribution in [3.05, 3.63) is 219 Å². The molecule has 60 heavy (non-hydrogen) atoms. The van der Waals surface area contributed by atoms with Gasteiger partial charge < -0.3 is 18.4 Å². The van der Waals surface area contributed by atoms with Crippen molar-refractivity contribution in [3.8, 4) is 0 Å². The Hall–Kier alpha value is -6.85. The van der Waals surface area contributed by atoms with E-state index in [0.717, 1.165) is 66.5 Å². The predicted molar refractivity (Wildman–Crippen MR) is 246 cm³/mol. The summed E-state index contributed by atoms with van der Waals surface area (Å²) in [7, 11) is 0. The van der Waals surface area contributed by atoms with Crippen LogP contribution in [0.2, 0.25) is 0 Å². The zero-order valence-corrected chi connectivity index (χ0v) is 35.2. The molecule has 0 bridgehead atoms. The maximum atomic E-state index is 15.2.